The summed E-state index contributed by atoms with van der Waals surface area (Å²) in [5.41, 5.74) is 4.82. The molecule has 1 atom stereocenters. The molecule has 0 spiro atoms. The molecule has 2 aliphatic heterocycles. The van der Waals surface area contributed by atoms with Gasteiger partial charge in [-0.15, -0.1) is 0 Å². The molecule has 0 unspecified atom stereocenters. The highest BCUT2D eigenvalue weighted by molar-refractivity contribution is 5.96. The second-order valence-corrected chi connectivity index (χ2v) is 9.32. The zero-order valence-electron chi connectivity index (χ0n) is 20.7. The molecule has 0 aromatic heterocycles. The third kappa shape index (κ3) is 5.98. The van der Waals surface area contributed by atoms with E-state index in [1.54, 1.807) is 35.2 Å². The molecule has 2 aromatic rings. The molecular formula is C30H36NO4+. The molecule has 2 aromatic carbocycles. The second-order valence-electron chi connectivity index (χ2n) is 9.32. The van der Waals surface area contributed by atoms with E-state index in [1.165, 1.54) is 32.4 Å². The van der Waals surface area contributed by atoms with Crippen molar-refractivity contribution in [2.45, 2.75) is 39.2 Å². The van der Waals surface area contributed by atoms with Crippen molar-refractivity contribution in [3.8, 4) is 17.2 Å². The molecule has 0 aliphatic carbocycles. The average molecular weight is 475 g/mol. The zero-order chi connectivity index (χ0) is 24.8. The van der Waals surface area contributed by atoms with Crippen molar-refractivity contribution in [3.63, 3.8) is 0 Å². The number of aromatic hydroxyl groups is 2. The first kappa shape index (κ1) is 24.7. The summed E-state index contributed by atoms with van der Waals surface area (Å²) in [6.07, 6.45) is 9.31. The lowest BCUT2D eigenvalue weighted by atomic mass is 9.85. The first-order valence-electron chi connectivity index (χ1n) is 12.4. The maximum Gasteiger partial charge on any atom is 0.150 e. The second kappa shape index (κ2) is 11.3. The molecule has 3 N–H and O–H groups in total. The predicted octanol–water partition coefficient (Wildman–Crippen LogP) is 4.89. The van der Waals surface area contributed by atoms with Crippen molar-refractivity contribution < 1.29 is 24.6 Å². The zero-order valence-corrected chi connectivity index (χ0v) is 20.7. The molecule has 0 bridgehead atoms. The Balaban J connectivity index is 1.59. The molecule has 0 radical (unpaired) electrons. The minimum absolute atomic E-state index is 0.160. The van der Waals surface area contributed by atoms with Gasteiger partial charge in [-0.2, -0.15) is 0 Å². The maximum atomic E-state index is 10.0. The fourth-order valence-corrected chi connectivity index (χ4v) is 4.87. The lowest BCUT2D eigenvalue weighted by Gasteiger charge is -2.31. The minimum atomic E-state index is -0.423. The largest absolute Gasteiger partial charge is 0.508 e. The maximum absolute atomic E-state index is 10.0. The Morgan fingerprint density at radius 1 is 1.06 bits per heavy atom. The summed E-state index contributed by atoms with van der Waals surface area (Å²) >= 11 is 0. The summed E-state index contributed by atoms with van der Waals surface area (Å²) < 4.78 is 12.4. The number of fused-ring (bicyclic) bond motifs is 1. The first-order valence-corrected chi connectivity index (χ1v) is 12.4. The first-order chi connectivity index (χ1) is 17.0. The van der Waals surface area contributed by atoms with Crippen LogP contribution in [0.3, 0.4) is 0 Å². The number of allylic oxidation sites excluding steroid dienone is 4. The Morgan fingerprint density at radius 3 is 2.49 bits per heavy atom. The molecule has 5 nitrogen and oxygen atoms in total. The van der Waals surface area contributed by atoms with Crippen molar-refractivity contribution in [2.24, 2.45) is 0 Å². The lowest BCUT2D eigenvalue weighted by Crippen LogP contribution is -3.13. The highest BCUT2D eigenvalue weighted by Gasteiger charge is 2.29. The van der Waals surface area contributed by atoms with Gasteiger partial charge in [-0.05, 0) is 80.2 Å². The van der Waals surface area contributed by atoms with Crippen LogP contribution < -0.4 is 9.64 Å². The molecule has 0 amide bonds. The molecule has 1 saturated heterocycles. The van der Waals surface area contributed by atoms with Crippen LogP contribution in [0.1, 0.15) is 44.2 Å². The Labute approximate surface area is 208 Å². The average Bonchev–Trinajstić information content (AvgIpc) is 2.86. The number of hydrogen-bond donors (Lipinski definition) is 3. The lowest BCUT2D eigenvalue weighted by molar-refractivity contribution is -0.905. The van der Waals surface area contributed by atoms with Gasteiger partial charge < -0.3 is 24.6 Å². The SMILES string of the molecule is C=C/C(=C\C=C(/C)OCC[NH+]1CCCCC1)[C@@H]1Oc2cc(O)ccc2C(C)=C1c1ccc(O)cc1. The van der Waals surface area contributed by atoms with E-state index in [1.807, 2.05) is 37.3 Å². The van der Waals surface area contributed by atoms with Crippen LogP contribution in [0.2, 0.25) is 0 Å². The smallest absolute Gasteiger partial charge is 0.150 e. The molecular weight excluding hydrogens is 438 g/mol. The van der Waals surface area contributed by atoms with Crippen LogP contribution in [0.25, 0.3) is 11.1 Å². The monoisotopic (exact) mass is 474 g/mol. The number of nitrogens with one attached hydrogen (secondary N) is 1. The molecule has 0 saturated carbocycles. The van der Waals surface area contributed by atoms with E-state index < -0.39 is 6.10 Å². The van der Waals surface area contributed by atoms with Crippen LogP contribution in [0.15, 0.2) is 78.6 Å². The predicted molar refractivity (Wildman–Crippen MR) is 141 cm³/mol. The number of quaternary nitrogens is 1. The van der Waals surface area contributed by atoms with Crippen molar-refractivity contribution in [3.05, 3.63) is 89.7 Å². The van der Waals surface area contributed by atoms with E-state index in [-0.39, 0.29) is 11.5 Å². The van der Waals surface area contributed by atoms with Gasteiger partial charge in [-0.3, -0.25) is 0 Å². The Hall–Kier alpha value is -3.44. The normalized spacial score (nSPS) is 19.2. The number of likely N-dealkylation sites (tertiary alicyclic amines) is 1. The number of rotatable bonds is 8. The van der Waals surface area contributed by atoms with Gasteiger partial charge in [0.05, 0.1) is 18.8 Å². The number of hydrogen-bond acceptors (Lipinski definition) is 4. The fourth-order valence-electron chi connectivity index (χ4n) is 4.87. The molecule has 2 heterocycles. The van der Waals surface area contributed by atoms with Crippen LogP contribution >= 0.6 is 0 Å². The molecule has 35 heavy (non-hydrogen) atoms. The van der Waals surface area contributed by atoms with E-state index >= 15 is 0 Å². The standard InChI is InChI=1S/C30H35NO4/c1-4-23(9-8-21(2)34-19-18-31-16-6-5-7-17-31)30-29(24-10-12-25(32)13-11-24)22(3)27-15-14-26(33)20-28(27)35-30/h4,8-15,20,30,32-33H,1,5-7,16-19H2,2-3H3/p+1/b21-8+,23-9+/t30-/m0/s1. The quantitative estimate of drug-likeness (QED) is 0.377. The number of phenols is 2. The molecule has 184 valence electrons. The van der Waals surface area contributed by atoms with Crippen LogP contribution in [-0.4, -0.2) is 42.6 Å². The Kier molecular flexibility index (Phi) is 7.98. The Bertz CT molecular complexity index is 1140. The van der Waals surface area contributed by atoms with Gasteiger partial charge in [0.2, 0.25) is 0 Å². The van der Waals surface area contributed by atoms with E-state index in [9.17, 15) is 10.2 Å². The van der Waals surface area contributed by atoms with Gasteiger partial charge in [-0.25, -0.2) is 0 Å². The van der Waals surface area contributed by atoms with Crippen LogP contribution in [-0.2, 0) is 4.74 Å². The van der Waals surface area contributed by atoms with Crippen LogP contribution in [0, 0.1) is 0 Å². The summed E-state index contributed by atoms with van der Waals surface area (Å²) in [4.78, 5) is 1.63. The summed E-state index contributed by atoms with van der Waals surface area (Å²) in [5, 5.41) is 19.8. The summed E-state index contributed by atoms with van der Waals surface area (Å²) in [6, 6.07) is 12.3. The third-order valence-corrected chi connectivity index (χ3v) is 6.85. The van der Waals surface area contributed by atoms with E-state index in [2.05, 4.69) is 13.5 Å². The highest BCUT2D eigenvalue weighted by Crippen LogP contribution is 2.43. The van der Waals surface area contributed by atoms with E-state index in [0.29, 0.717) is 12.4 Å². The van der Waals surface area contributed by atoms with Crippen molar-refractivity contribution >= 4 is 11.1 Å². The van der Waals surface area contributed by atoms with Crippen molar-refractivity contribution in [1.29, 1.82) is 0 Å². The van der Waals surface area contributed by atoms with Gasteiger partial charge in [0, 0.05) is 17.2 Å². The van der Waals surface area contributed by atoms with Crippen molar-refractivity contribution in [1.82, 2.24) is 0 Å². The summed E-state index contributed by atoms with van der Waals surface area (Å²) in [6.45, 7) is 12.3. The molecule has 4 rings (SSSR count). The number of benzene rings is 2. The minimum Gasteiger partial charge on any atom is -0.508 e. The van der Waals surface area contributed by atoms with Gasteiger partial charge in [0.1, 0.15) is 36.5 Å². The van der Waals surface area contributed by atoms with E-state index in [4.69, 9.17) is 9.47 Å². The van der Waals surface area contributed by atoms with Crippen LogP contribution in [0.4, 0.5) is 0 Å². The highest BCUT2D eigenvalue weighted by atomic mass is 16.5. The summed E-state index contributed by atoms with van der Waals surface area (Å²) in [5.74, 6) is 1.85. The van der Waals surface area contributed by atoms with Crippen LogP contribution in [0.5, 0.6) is 17.2 Å². The van der Waals surface area contributed by atoms with Gasteiger partial charge >= 0.3 is 0 Å². The molecule has 1 fully saturated rings. The number of ether oxygens (including phenoxy) is 2. The third-order valence-electron chi connectivity index (χ3n) is 6.85. The number of phenolic OH excluding ortho intramolecular Hbond substituents is 2. The van der Waals surface area contributed by atoms with Gasteiger partial charge in [-0.1, -0.05) is 30.9 Å². The topological polar surface area (TPSA) is 63.4 Å². The van der Waals surface area contributed by atoms with E-state index in [0.717, 1.165) is 40.2 Å². The number of piperidine rings is 1. The van der Waals surface area contributed by atoms with Gasteiger partial charge in [0.15, 0.2) is 0 Å². The van der Waals surface area contributed by atoms with Gasteiger partial charge in [0.25, 0.3) is 0 Å². The fraction of sp³-hybridized carbons (Fsp3) is 0.333. The van der Waals surface area contributed by atoms with Crippen molar-refractivity contribution in [2.75, 3.05) is 26.2 Å². The Morgan fingerprint density at radius 2 is 1.77 bits per heavy atom. The molecule has 2 aliphatic rings. The molecule has 5 heteroatoms. The summed E-state index contributed by atoms with van der Waals surface area (Å²) in [7, 11) is 0.